The molecule has 0 aliphatic rings. The number of aromatic nitrogens is 1. The van der Waals surface area contributed by atoms with Crippen LogP contribution in [0.25, 0.3) is 17.0 Å². The average Bonchev–Trinajstić information content (AvgIpc) is 3.25. The van der Waals surface area contributed by atoms with Crippen LogP contribution in [0.15, 0.2) is 54.2 Å². The third-order valence-corrected chi connectivity index (χ3v) is 4.87. The number of nitrogens with zero attached hydrogens (tertiary/aromatic N) is 1. The molecule has 170 valence electrons. The SMILES string of the molecule is CCOc1cc(/C=C(/C#N)C(=O)NCCc2c[nH]c3ccccc23)ccc1OCC(=O)OC. The number of nitrogens with one attached hydrogen (secondary N) is 2. The monoisotopic (exact) mass is 447 g/mol. The number of nitriles is 1. The number of methoxy groups -OCH3 is 1. The van der Waals surface area contributed by atoms with Gasteiger partial charge in [0.1, 0.15) is 11.6 Å². The number of benzene rings is 2. The molecule has 0 spiro atoms. The van der Waals surface area contributed by atoms with Crippen molar-refractivity contribution in [2.75, 3.05) is 26.9 Å². The van der Waals surface area contributed by atoms with E-state index in [2.05, 4.69) is 15.0 Å². The molecule has 0 saturated carbocycles. The molecular weight excluding hydrogens is 422 g/mol. The highest BCUT2D eigenvalue weighted by atomic mass is 16.6. The maximum absolute atomic E-state index is 12.5. The number of carbonyl (C=O) groups is 2. The smallest absolute Gasteiger partial charge is 0.343 e. The normalized spacial score (nSPS) is 11.0. The van der Waals surface area contributed by atoms with Gasteiger partial charge in [-0.3, -0.25) is 4.79 Å². The lowest BCUT2D eigenvalue weighted by Crippen LogP contribution is -2.26. The predicted molar refractivity (Wildman–Crippen MR) is 124 cm³/mol. The topological polar surface area (TPSA) is 113 Å². The quantitative estimate of drug-likeness (QED) is 0.280. The molecule has 0 aliphatic heterocycles. The summed E-state index contributed by atoms with van der Waals surface area (Å²) in [6.45, 7) is 2.33. The summed E-state index contributed by atoms with van der Waals surface area (Å²) in [7, 11) is 1.28. The molecule has 8 heteroatoms. The number of esters is 1. The number of hydrogen-bond donors (Lipinski definition) is 2. The van der Waals surface area contributed by atoms with Crippen molar-refractivity contribution in [2.24, 2.45) is 0 Å². The second kappa shape index (κ2) is 11.4. The van der Waals surface area contributed by atoms with Gasteiger partial charge in [-0.15, -0.1) is 0 Å². The van der Waals surface area contributed by atoms with Gasteiger partial charge < -0.3 is 24.5 Å². The standard InChI is InChI=1S/C25H25N3O5/c1-3-32-23-13-17(8-9-22(23)33-16-24(29)31-2)12-19(14-26)25(30)27-11-10-18-15-28-21-7-5-4-6-20(18)21/h4-9,12-13,15,28H,3,10-11,16H2,1-2H3,(H,27,30)/b19-12-. The Morgan fingerprint density at radius 1 is 1.15 bits per heavy atom. The highest BCUT2D eigenvalue weighted by Gasteiger charge is 2.12. The number of rotatable bonds is 10. The third-order valence-electron chi connectivity index (χ3n) is 4.87. The zero-order valence-electron chi connectivity index (χ0n) is 18.5. The highest BCUT2D eigenvalue weighted by molar-refractivity contribution is 6.01. The van der Waals surface area contributed by atoms with E-state index in [0.29, 0.717) is 36.6 Å². The zero-order valence-corrected chi connectivity index (χ0v) is 18.5. The lowest BCUT2D eigenvalue weighted by molar-refractivity contribution is -0.142. The first-order valence-electron chi connectivity index (χ1n) is 10.5. The first-order valence-corrected chi connectivity index (χ1v) is 10.5. The lowest BCUT2D eigenvalue weighted by atomic mass is 10.1. The fraction of sp³-hybridized carbons (Fsp3) is 0.240. The van der Waals surface area contributed by atoms with E-state index in [1.165, 1.54) is 13.2 Å². The highest BCUT2D eigenvalue weighted by Crippen LogP contribution is 2.29. The van der Waals surface area contributed by atoms with Crippen molar-refractivity contribution >= 4 is 28.9 Å². The number of H-pyrrole nitrogens is 1. The van der Waals surface area contributed by atoms with Crippen LogP contribution in [0.4, 0.5) is 0 Å². The second-order valence-electron chi connectivity index (χ2n) is 7.04. The molecule has 1 aromatic heterocycles. The summed E-state index contributed by atoms with van der Waals surface area (Å²) < 4.78 is 15.6. The number of hydrogen-bond acceptors (Lipinski definition) is 6. The van der Waals surface area contributed by atoms with Gasteiger partial charge in [0.05, 0.1) is 13.7 Å². The lowest BCUT2D eigenvalue weighted by Gasteiger charge is -2.12. The summed E-state index contributed by atoms with van der Waals surface area (Å²) in [6.07, 6.45) is 4.04. The molecule has 0 saturated heterocycles. The zero-order chi connectivity index (χ0) is 23.6. The molecule has 3 aromatic rings. The van der Waals surface area contributed by atoms with Gasteiger partial charge in [0.2, 0.25) is 0 Å². The minimum absolute atomic E-state index is 0.0281. The van der Waals surface area contributed by atoms with Crippen molar-refractivity contribution < 1.29 is 23.8 Å². The van der Waals surface area contributed by atoms with Gasteiger partial charge >= 0.3 is 5.97 Å². The van der Waals surface area contributed by atoms with E-state index >= 15 is 0 Å². The Hall–Kier alpha value is -4.25. The molecular formula is C25H25N3O5. The summed E-state index contributed by atoms with van der Waals surface area (Å²) in [5, 5.41) is 13.4. The molecule has 2 aromatic carbocycles. The maximum atomic E-state index is 12.5. The number of aromatic amines is 1. The van der Waals surface area contributed by atoms with Crippen LogP contribution < -0.4 is 14.8 Å². The molecule has 0 radical (unpaired) electrons. The minimum atomic E-state index is -0.516. The van der Waals surface area contributed by atoms with Gasteiger partial charge in [-0.2, -0.15) is 5.26 Å². The molecule has 0 fully saturated rings. The number of carbonyl (C=O) groups excluding carboxylic acids is 2. The molecule has 1 heterocycles. The molecule has 0 bridgehead atoms. The summed E-state index contributed by atoms with van der Waals surface area (Å²) in [6, 6.07) is 14.8. The van der Waals surface area contributed by atoms with E-state index < -0.39 is 11.9 Å². The first kappa shape index (κ1) is 23.4. The van der Waals surface area contributed by atoms with Gasteiger partial charge in [-0.1, -0.05) is 24.3 Å². The van der Waals surface area contributed by atoms with Crippen molar-refractivity contribution in [1.29, 1.82) is 5.26 Å². The number of amides is 1. The van der Waals surface area contributed by atoms with Crippen LogP contribution >= 0.6 is 0 Å². The summed E-state index contributed by atoms with van der Waals surface area (Å²) >= 11 is 0. The molecule has 0 aliphatic carbocycles. The van der Waals surface area contributed by atoms with Crippen molar-refractivity contribution in [3.8, 4) is 17.6 Å². The van der Waals surface area contributed by atoms with E-state index in [9.17, 15) is 14.9 Å². The van der Waals surface area contributed by atoms with Crippen LogP contribution in [0, 0.1) is 11.3 Å². The van der Waals surface area contributed by atoms with Gasteiger partial charge in [-0.05, 0) is 48.7 Å². The van der Waals surface area contributed by atoms with E-state index in [-0.39, 0.29) is 12.2 Å². The second-order valence-corrected chi connectivity index (χ2v) is 7.04. The van der Waals surface area contributed by atoms with Gasteiger partial charge in [0, 0.05) is 23.6 Å². The average molecular weight is 447 g/mol. The van der Waals surface area contributed by atoms with Gasteiger partial charge in [-0.25, -0.2) is 4.79 Å². The van der Waals surface area contributed by atoms with Crippen molar-refractivity contribution in [1.82, 2.24) is 10.3 Å². The predicted octanol–water partition coefficient (Wildman–Crippen LogP) is 3.38. The Bertz CT molecular complexity index is 1210. The molecule has 1 amide bonds. The fourth-order valence-corrected chi connectivity index (χ4v) is 3.26. The van der Waals surface area contributed by atoms with Crippen molar-refractivity contribution in [2.45, 2.75) is 13.3 Å². The Morgan fingerprint density at radius 2 is 1.97 bits per heavy atom. The van der Waals surface area contributed by atoms with Crippen molar-refractivity contribution in [3.05, 3.63) is 65.4 Å². The molecule has 33 heavy (non-hydrogen) atoms. The summed E-state index contributed by atoms with van der Waals surface area (Å²) in [5.41, 5.74) is 2.70. The molecule has 0 unspecified atom stereocenters. The van der Waals surface area contributed by atoms with Crippen LogP contribution in [-0.4, -0.2) is 43.7 Å². The van der Waals surface area contributed by atoms with Crippen molar-refractivity contribution in [3.63, 3.8) is 0 Å². The Labute approximate surface area is 191 Å². The van der Waals surface area contributed by atoms with E-state index in [0.717, 1.165) is 16.5 Å². The van der Waals surface area contributed by atoms with E-state index in [4.69, 9.17) is 9.47 Å². The summed E-state index contributed by atoms with van der Waals surface area (Å²) in [4.78, 5) is 27.1. The first-order chi connectivity index (χ1) is 16.0. The van der Waals surface area contributed by atoms with E-state index in [1.54, 1.807) is 18.2 Å². The molecule has 0 atom stereocenters. The van der Waals surface area contributed by atoms with Gasteiger partial charge in [0.25, 0.3) is 5.91 Å². The number of ether oxygens (including phenoxy) is 3. The molecule has 8 nitrogen and oxygen atoms in total. The van der Waals surface area contributed by atoms with Crippen LogP contribution in [0.3, 0.4) is 0 Å². The Kier molecular flexibility index (Phi) is 8.08. The Morgan fingerprint density at radius 3 is 2.73 bits per heavy atom. The minimum Gasteiger partial charge on any atom is -0.490 e. The fourth-order valence-electron chi connectivity index (χ4n) is 3.26. The van der Waals surface area contributed by atoms with E-state index in [1.807, 2.05) is 43.5 Å². The Balaban J connectivity index is 1.66. The molecule has 2 N–H and O–H groups in total. The largest absolute Gasteiger partial charge is 0.490 e. The number of para-hydroxylation sites is 1. The van der Waals surface area contributed by atoms with Gasteiger partial charge in [0.15, 0.2) is 18.1 Å². The van der Waals surface area contributed by atoms with Crippen LogP contribution in [0.1, 0.15) is 18.1 Å². The molecule has 3 rings (SSSR count). The van der Waals surface area contributed by atoms with Crippen LogP contribution in [0.5, 0.6) is 11.5 Å². The number of fused-ring (bicyclic) bond motifs is 1. The third kappa shape index (κ3) is 6.14. The summed E-state index contributed by atoms with van der Waals surface area (Å²) in [5.74, 6) is -0.216. The van der Waals surface area contributed by atoms with Crippen LogP contribution in [-0.2, 0) is 20.7 Å². The maximum Gasteiger partial charge on any atom is 0.343 e. The van der Waals surface area contributed by atoms with Crippen LogP contribution in [0.2, 0.25) is 0 Å².